The molecule has 5 rings (SSSR count). The van der Waals surface area contributed by atoms with E-state index < -0.39 is 10.0 Å². The number of amides is 1. The third-order valence-corrected chi connectivity index (χ3v) is 9.79. The molecule has 1 amide bonds. The lowest BCUT2D eigenvalue weighted by Crippen LogP contribution is -2.43. The van der Waals surface area contributed by atoms with Gasteiger partial charge in [-0.05, 0) is 57.8 Å². The van der Waals surface area contributed by atoms with Gasteiger partial charge in [-0.25, -0.2) is 22.7 Å². The molecule has 0 bridgehead atoms. The number of aromatic nitrogens is 2. The quantitative estimate of drug-likeness (QED) is 0.714. The van der Waals surface area contributed by atoms with Crippen molar-refractivity contribution >= 4 is 21.7 Å². The summed E-state index contributed by atoms with van der Waals surface area (Å²) < 4.78 is 27.5. The smallest absolute Gasteiger partial charge is 0.228 e. The number of sulfonamides is 1. The summed E-state index contributed by atoms with van der Waals surface area (Å²) in [5.41, 5.74) is 2.09. The van der Waals surface area contributed by atoms with Gasteiger partial charge < -0.3 is 0 Å². The van der Waals surface area contributed by atoms with Crippen molar-refractivity contribution in [1.82, 2.24) is 14.3 Å². The Hall–Kier alpha value is -1.54. The number of aryl methyl sites for hydroxylation is 1. The number of rotatable bonds is 5. The van der Waals surface area contributed by atoms with Gasteiger partial charge in [0.1, 0.15) is 11.6 Å². The van der Waals surface area contributed by atoms with Crippen molar-refractivity contribution < 1.29 is 13.2 Å². The summed E-state index contributed by atoms with van der Waals surface area (Å²) in [5.74, 6) is 2.56. The number of hydrogen-bond donors (Lipinski definition) is 0. The lowest BCUT2D eigenvalue weighted by Gasteiger charge is -2.34. The molecule has 0 unspecified atom stereocenters. The minimum atomic E-state index is -3.17. The van der Waals surface area contributed by atoms with Crippen molar-refractivity contribution in [2.24, 2.45) is 5.92 Å². The summed E-state index contributed by atoms with van der Waals surface area (Å²) >= 11 is 0. The van der Waals surface area contributed by atoms with E-state index in [0.717, 1.165) is 74.4 Å². The maximum Gasteiger partial charge on any atom is 0.228 e. The molecule has 0 aromatic carbocycles. The van der Waals surface area contributed by atoms with E-state index in [1.165, 1.54) is 12.8 Å². The largest absolute Gasteiger partial charge is 0.296 e. The Kier molecular flexibility index (Phi) is 5.34. The molecule has 3 fully saturated rings. The number of fused-ring (bicyclic) bond motifs is 1. The monoisotopic (exact) mass is 432 g/mol. The molecule has 0 radical (unpaired) electrons. The predicted octanol–water partition coefficient (Wildman–Crippen LogP) is 2.93. The third-order valence-electron chi connectivity index (χ3n) is 7.40. The van der Waals surface area contributed by atoms with Gasteiger partial charge in [0.25, 0.3) is 0 Å². The van der Waals surface area contributed by atoms with E-state index >= 15 is 0 Å². The van der Waals surface area contributed by atoms with Gasteiger partial charge >= 0.3 is 0 Å². The molecule has 4 aliphatic rings. The summed E-state index contributed by atoms with van der Waals surface area (Å²) in [6.07, 6.45) is 8.83. The highest BCUT2D eigenvalue weighted by Gasteiger charge is 2.38. The van der Waals surface area contributed by atoms with Gasteiger partial charge in [-0.1, -0.05) is 12.8 Å². The van der Waals surface area contributed by atoms with E-state index in [1.54, 1.807) is 4.31 Å². The predicted molar refractivity (Wildman–Crippen MR) is 115 cm³/mol. The Labute approximate surface area is 179 Å². The lowest BCUT2D eigenvalue weighted by molar-refractivity contribution is -0.119. The van der Waals surface area contributed by atoms with Crippen molar-refractivity contribution in [1.29, 1.82) is 0 Å². The minimum Gasteiger partial charge on any atom is -0.296 e. The minimum absolute atomic E-state index is 0.156. The molecule has 1 aromatic heterocycles. The molecular formula is C22H32N4O3S. The van der Waals surface area contributed by atoms with Crippen LogP contribution in [0.1, 0.15) is 80.8 Å². The number of hydrogen-bond acceptors (Lipinski definition) is 5. The van der Waals surface area contributed by atoms with Crippen LogP contribution in [-0.2, 0) is 21.2 Å². The summed E-state index contributed by atoms with van der Waals surface area (Å²) in [5, 5.41) is -0.182. The van der Waals surface area contributed by atoms with Crippen molar-refractivity contribution in [3.05, 3.63) is 17.1 Å². The molecule has 1 saturated heterocycles. The van der Waals surface area contributed by atoms with Gasteiger partial charge in [0, 0.05) is 43.2 Å². The molecule has 0 spiro atoms. The summed E-state index contributed by atoms with van der Waals surface area (Å²) in [6, 6.07) is 0. The van der Waals surface area contributed by atoms with E-state index in [9.17, 15) is 13.2 Å². The normalized spacial score (nSPS) is 24.4. The Morgan fingerprint density at radius 3 is 2.33 bits per heavy atom. The molecule has 1 aromatic rings. The van der Waals surface area contributed by atoms with E-state index in [1.807, 2.05) is 11.8 Å². The molecule has 2 saturated carbocycles. The number of carbonyl (C=O) groups excluding carboxylic acids is 1. The van der Waals surface area contributed by atoms with Crippen molar-refractivity contribution in [2.45, 2.75) is 82.3 Å². The number of nitrogens with zero attached hydrogens (tertiary/aromatic N) is 4. The van der Waals surface area contributed by atoms with Gasteiger partial charge in [0.2, 0.25) is 15.9 Å². The summed E-state index contributed by atoms with van der Waals surface area (Å²) in [7, 11) is -3.17. The molecule has 0 N–H and O–H groups in total. The fourth-order valence-electron chi connectivity index (χ4n) is 5.30. The average Bonchev–Trinajstić information content (AvgIpc) is 3.38. The Morgan fingerprint density at radius 2 is 1.67 bits per heavy atom. The van der Waals surface area contributed by atoms with Crippen LogP contribution in [0.2, 0.25) is 0 Å². The van der Waals surface area contributed by atoms with E-state index in [4.69, 9.17) is 9.97 Å². The Balaban J connectivity index is 1.34. The van der Waals surface area contributed by atoms with Crippen LogP contribution in [0, 0.1) is 12.8 Å². The van der Waals surface area contributed by atoms with Crippen LogP contribution >= 0.6 is 0 Å². The highest BCUT2D eigenvalue weighted by Crippen LogP contribution is 2.37. The van der Waals surface area contributed by atoms with Crippen LogP contribution in [0.15, 0.2) is 0 Å². The second-order valence-electron chi connectivity index (χ2n) is 9.54. The fourth-order valence-corrected chi connectivity index (χ4v) is 7.37. The van der Waals surface area contributed by atoms with Gasteiger partial charge in [-0.15, -0.1) is 0 Å². The lowest BCUT2D eigenvalue weighted by atomic mass is 9.96. The van der Waals surface area contributed by atoms with Crippen LogP contribution in [0.5, 0.6) is 0 Å². The molecule has 2 aliphatic heterocycles. The molecule has 30 heavy (non-hydrogen) atoms. The van der Waals surface area contributed by atoms with Crippen molar-refractivity contribution in [2.75, 3.05) is 24.5 Å². The number of carbonyl (C=O) groups is 1. The van der Waals surface area contributed by atoms with Crippen LogP contribution in [0.25, 0.3) is 0 Å². The topological polar surface area (TPSA) is 83.5 Å². The molecule has 8 heteroatoms. The van der Waals surface area contributed by atoms with Crippen LogP contribution < -0.4 is 4.90 Å². The first-order valence-corrected chi connectivity index (χ1v) is 13.1. The van der Waals surface area contributed by atoms with Crippen LogP contribution in [0.4, 0.5) is 5.82 Å². The second-order valence-corrected chi connectivity index (χ2v) is 11.8. The molecule has 164 valence electrons. The zero-order chi connectivity index (χ0) is 20.9. The maximum atomic E-state index is 12.9. The van der Waals surface area contributed by atoms with Gasteiger partial charge in [-0.2, -0.15) is 0 Å². The Morgan fingerprint density at radius 1 is 0.967 bits per heavy atom. The van der Waals surface area contributed by atoms with Gasteiger partial charge in [-0.3, -0.25) is 9.69 Å². The fraction of sp³-hybridized carbons (Fsp3) is 0.773. The number of piperidine rings is 1. The third kappa shape index (κ3) is 3.77. The van der Waals surface area contributed by atoms with Crippen LogP contribution in [0.3, 0.4) is 0 Å². The first-order chi connectivity index (χ1) is 14.4. The van der Waals surface area contributed by atoms with Crippen LogP contribution in [-0.4, -0.2) is 53.5 Å². The first-order valence-electron chi connectivity index (χ1n) is 11.6. The first kappa shape index (κ1) is 20.4. The van der Waals surface area contributed by atoms with E-state index in [-0.39, 0.29) is 17.1 Å². The highest BCUT2D eigenvalue weighted by atomic mass is 32.2. The highest BCUT2D eigenvalue weighted by molar-refractivity contribution is 7.89. The number of anilines is 1. The second kappa shape index (κ2) is 7.86. The van der Waals surface area contributed by atoms with E-state index in [0.29, 0.717) is 25.4 Å². The molecule has 0 atom stereocenters. The Bertz CT molecular complexity index is 930. The van der Waals surface area contributed by atoms with Crippen molar-refractivity contribution in [3.63, 3.8) is 0 Å². The SMILES string of the molecule is Cc1nc(C2CCN(S(=O)(=O)C3CCCC3)CC2)nc2c1CCC(=O)N2CC1CC1. The molecular weight excluding hydrogens is 400 g/mol. The van der Waals surface area contributed by atoms with Crippen molar-refractivity contribution in [3.8, 4) is 0 Å². The molecule has 2 aliphatic carbocycles. The zero-order valence-electron chi connectivity index (χ0n) is 17.8. The zero-order valence-corrected chi connectivity index (χ0v) is 18.7. The molecule has 7 nitrogen and oxygen atoms in total. The summed E-state index contributed by atoms with van der Waals surface area (Å²) in [4.78, 5) is 24.2. The van der Waals surface area contributed by atoms with Gasteiger partial charge in [0.15, 0.2) is 0 Å². The van der Waals surface area contributed by atoms with E-state index in [2.05, 4.69) is 0 Å². The average molecular weight is 433 g/mol. The molecule has 3 heterocycles. The maximum absolute atomic E-state index is 12.9. The summed E-state index contributed by atoms with van der Waals surface area (Å²) in [6.45, 7) is 3.90. The van der Waals surface area contributed by atoms with Gasteiger partial charge in [0.05, 0.1) is 5.25 Å². The standard InChI is InChI=1S/C22H32N4O3S/c1-15-19-8-9-20(27)26(14-16-6-7-16)22(19)24-21(23-15)17-10-12-25(13-11-17)30(28,29)18-4-2-3-5-18/h16-18H,2-14H2,1H3.